The summed E-state index contributed by atoms with van der Waals surface area (Å²) in [5, 5.41) is 9.54. The van der Waals surface area contributed by atoms with Gasteiger partial charge in [0, 0.05) is 6.54 Å². The molecule has 1 atom stereocenters. The van der Waals surface area contributed by atoms with Gasteiger partial charge in [0.2, 0.25) is 0 Å². The Kier molecular flexibility index (Phi) is 6.37. The van der Waals surface area contributed by atoms with Crippen molar-refractivity contribution in [3.8, 4) is 11.8 Å². The molecule has 0 aliphatic rings. The van der Waals surface area contributed by atoms with Gasteiger partial charge in [0.1, 0.15) is 11.7 Å². The number of aliphatic hydroxyl groups is 1. The second-order valence-corrected chi connectivity index (χ2v) is 4.58. The molecule has 1 amide bonds. The van der Waals surface area contributed by atoms with Crippen LogP contribution in [-0.2, 0) is 4.74 Å². The Morgan fingerprint density at radius 3 is 2.59 bits per heavy atom. The molecule has 96 valence electrons. The highest BCUT2D eigenvalue weighted by molar-refractivity contribution is 5.68. The molecule has 0 aliphatic carbocycles. The summed E-state index contributed by atoms with van der Waals surface area (Å²) in [4.78, 5) is 13.2. The molecule has 0 aliphatic heterocycles. The van der Waals surface area contributed by atoms with Gasteiger partial charge < -0.3 is 14.7 Å². The molecule has 1 N–H and O–H groups in total. The molecular weight excluding hydrogens is 218 g/mol. The van der Waals surface area contributed by atoms with Gasteiger partial charge in [-0.2, -0.15) is 0 Å². The highest BCUT2D eigenvalue weighted by Crippen LogP contribution is 2.10. The van der Waals surface area contributed by atoms with Gasteiger partial charge in [0.15, 0.2) is 0 Å². The Labute approximate surface area is 103 Å². The van der Waals surface area contributed by atoms with E-state index >= 15 is 0 Å². The van der Waals surface area contributed by atoms with Crippen LogP contribution in [0.1, 0.15) is 27.7 Å². The Balaban J connectivity index is 4.54. The SMILES string of the molecule is C=CCN(CC(O)C#CC)C(=O)OC(C)(C)C. The summed E-state index contributed by atoms with van der Waals surface area (Å²) >= 11 is 0. The first-order valence-corrected chi connectivity index (χ1v) is 5.49. The van der Waals surface area contributed by atoms with Crippen molar-refractivity contribution in [3.05, 3.63) is 12.7 Å². The van der Waals surface area contributed by atoms with E-state index in [1.165, 1.54) is 4.90 Å². The first-order chi connectivity index (χ1) is 7.80. The van der Waals surface area contributed by atoms with Crippen LogP contribution >= 0.6 is 0 Å². The Morgan fingerprint density at radius 2 is 2.18 bits per heavy atom. The summed E-state index contributed by atoms with van der Waals surface area (Å²) in [6.45, 7) is 11.0. The quantitative estimate of drug-likeness (QED) is 0.601. The van der Waals surface area contributed by atoms with Crippen molar-refractivity contribution in [1.82, 2.24) is 4.90 Å². The van der Waals surface area contributed by atoms with Gasteiger partial charge >= 0.3 is 6.09 Å². The second kappa shape index (κ2) is 6.97. The summed E-state index contributed by atoms with van der Waals surface area (Å²) in [5.74, 6) is 5.17. The van der Waals surface area contributed by atoms with Crippen molar-refractivity contribution in [2.45, 2.75) is 39.4 Å². The number of carbonyl (C=O) groups excluding carboxylic acids is 1. The number of rotatable bonds is 4. The van der Waals surface area contributed by atoms with Crippen LogP contribution in [0.15, 0.2) is 12.7 Å². The minimum absolute atomic E-state index is 0.113. The summed E-state index contributed by atoms with van der Waals surface area (Å²) in [6, 6.07) is 0. The van der Waals surface area contributed by atoms with Gasteiger partial charge in [-0.3, -0.25) is 0 Å². The summed E-state index contributed by atoms with van der Waals surface area (Å²) in [7, 11) is 0. The molecule has 0 radical (unpaired) electrons. The van der Waals surface area contributed by atoms with E-state index in [1.807, 2.05) is 0 Å². The van der Waals surface area contributed by atoms with Crippen LogP contribution in [0.2, 0.25) is 0 Å². The Morgan fingerprint density at radius 1 is 1.59 bits per heavy atom. The third-order valence-corrected chi connectivity index (χ3v) is 1.71. The maximum Gasteiger partial charge on any atom is 0.410 e. The number of aliphatic hydroxyl groups excluding tert-OH is 1. The van der Waals surface area contributed by atoms with E-state index in [1.54, 1.807) is 33.8 Å². The first-order valence-electron chi connectivity index (χ1n) is 5.49. The third kappa shape index (κ3) is 7.42. The normalized spacial score (nSPS) is 12.1. The summed E-state index contributed by atoms with van der Waals surface area (Å²) in [5.41, 5.74) is -0.558. The molecule has 0 spiro atoms. The van der Waals surface area contributed by atoms with Crippen LogP contribution in [0.25, 0.3) is 0 Å². The molecule has 0 fully saturated rings. The lowest BCUT2D eigenvalue weighted by Gasteiger charge is -2.27. The van der Waals surface area contributed by atoms with Crippen LogP contribution in [-0.4, -0.2) is 40.9 Å². The second-order valence-electron chi connectivity index (χ2n) is 4.58. The molecule has 0 aromatic heterocycles. The number of hydrogen-bond donors (Lipinski definition) is 1. The Hall–Kier alpha value is -1.47. The van der Waals surface area contributed by atoms with Gasteiger partial charge in [-0.15, -0.1) is 12.5 Å². The highest BCUT2D eigenvalue weighted by atomic mass is 16.6. The fraction of sp³-hybridized carbons (Fsp3) is 0.615. The molecule has 0 aromatic carbocycles. The predicted molar refractivity (Wildman–Crippen MR) is 67.5 cm³/mol. The zero-order chi connectivity index (χ0) is 13.5. The van der Waals surface area contributed by atoms with Crippen molar-refractivity contribution in [2.75, 3.05) is 13.1 Å². The minimum atomic E-state index is -0.868. The smallest absolute Gasteiger partial charge is 0.410 e. The van der Waals surface area contributed by atoms with Crippen molar-refractivity contribution in [2.24, 2.45) is 0 Å². The minimum Gasteiger partial charge on any atom is -0.444 e. The third-order valence-electron chi connectivity index (χ3n) is 1.71. The van der Waals surface area contributed by atoms with E-state index in [4.69, 9.17) is 4.74 Å². The van der Waals surface area contributed by atoms with E-state index < -0.39 is 17.8 Å². The molecule has 17 heavy (non-hydrogen) atoms. The molecule has 0 rings (SSSR count). The van der Waals surface area contributed by atoms with Crippen molar-refractivity contribution in [1.29, 1.82) is 0 Å². The highest BCUT2D eigenvalue weighted by Gasteiger charge is 2.22. The first kappa shape index (κ1) is 15.5. The fourth-order valence-electron chi connectivity index (χ4n) is 1.13. The summed E-state index contributed by atoms with van der Waals surface area (Å²) in [6.07, 6.45) is 0.234. The van der Waals surface area contributed by atoms with Crippen LogP contribution < -0.4 is 0 Å². The van der Waals surface area contributed by atoms with Crippen molar-refractivity contribution < 1.29 is 14.6 Å². The zero-order valence-corrected chi connectivity index (χ0v) is 11.0. The van der Waals surface area contributed by atoms with Crippen LogP contribution in [0.5, 0.6) is 0 Å². The Bertz CT molecular complexity index is 320. The standard InChI is InChI=1S/C13H21NO3/c1-6-8-11(15)10-14(9-7-2)12(16)17-13(3,4)5/h7,11,15H,2,9-10H2,1,3-5H3. The number of carbonyl (C=O) groups is 1. The number of amides is 1. The maximum absolute atomic E-state index is 11.8. The van der Waals surface area contributed by atoms with E-state index in [0.717, 1.165) is 0 Å². The molecule has 0 heterocycles. The van der Waals surface area contributed by atoms with Crippen LogP contribution in [0.4, 0.5) is 4.79 Å². The molecule has 0 saturated carbocycles. The van der Waals surface area contributed by atoms with E-state index in [-0.39, 0.29) is 6.54 Å². The lowest BCUT2D eigenvalue weighted by molar-refractivity contribution is 0.0212. The van der Waals surface area contributed by atoms with Gasteiger partial charge in [-0.05, 0) is 27.7 Å². The lowest BCUT2D eigenvalue weighted by Crippen LogP contribution is -2.40. The largest absolute Gasteiger partial charge is 0.444 e. The van der Waals surface area contributed by atoms with E-state index in [2.05, 4.69) is 18.4 Å². The maximum atomic E-state index is 11.8. The van der Waals surface area contributed by atoms with Gasteiger partial charge in [0.25, 0.3) is 0 Å². The van der Waals surface area contributed by atoms with Crippen LogP contribution in [0.3, 0.4) is 0 Å². The van der Waals surface area contributed by atoms with E-state index in [0.29, 0.717) is 6.54 Å². The molecular formula is C13H21NO3. The molecule has 1 unspecified atom stereocenters. The zero-order valence-electron chi connectivity index (χ0n) is 11.0. The fourth-order valence-corrected chi connectivity index (χ4v) is 1.13. The molecule has 4 nitrogen and oxygen atoms in total. The molecule has 0 bridgehead atoms. The number of ether oxygens (including phenoxy) is 1. The van der Waals surface area contributed by atoms with Crippen molar-refractivity contribution in [3.63, 3.8) is 0 Å². The van der Waals surface area contributed by atoms with Gasteiger partial charge in [-0.1, -0.05) is 12.0 Å². The van der Waals surface area contributed by atoms with Crippen molar-refractivity contribution >= 4 is 6.09 Å². The average Bonchev–Trinajstić information content (AvgIpc) is 2.14. The van der Waals surface area contributed by atoms with Gasteiger partial charge in [0.05, 0.1) is 6.54 Å². The molecule has 0 aromatic rings. The number of hydrogen-bond acceptors (Lipinski definition) is 3. The molecule has 0 saturated heterocycles. The molecule has 4 heteroatoms. The monoisotopic (exact) mass is 239 g/mol. The van der Waals surface area contributed by atoms with Gasteiger partial charge in [-0.25, -0.2) is 4.79 Å². The lowest BCUT2D eigenvalue weighted by atomic mass is 10.2. The topological polar surface area (TPSA) is 49.8 Å². The van der Waals surface area contributed by atoms with E-state index in [9.17, 15) is 9.90 Å². The number of nitrogens with zero attached hydrogens (tertiary/aromatic N) is 1. The summed E-state index contributed by atoms with van der Waals surface area (Å²) < 4.78 is 5.21. The predicted octanol–water partition coefficient (Wildman–Crippen LogP) is 1.79. The average molecular weight is 239 g/mol. The van der Waals surface area contributed by atoms with Crippen LogP contribution in [0, 0.1) is 11.8 Å².